The lowest BCUT2D eigenvalue weighted by Gasteiger charge is -2.24. The van der Waals surface area contributed by atoms with Crippen LogP contribution in [0.5, 0.6) is 0 Å². The number of carbonyl (C=O) groups is 2. The lowest BCUT2D eigenvalue weighted by Crippen LogP contribution is -2.37. The van der Waals surface area contributed by atoms with E-state index in [1.165, 1.54) is 70.6 Å². The van der Waals surface area contributed by atoms with Crippen molar-refractivity contribution in [1.82, 2.24) is 0 Å². The maximum absolute atomic E-state index is 12.7. The molecule has 2 unspecified atom stereocenters. The van der Waals surface area contributed by atoms with Crippen molar-refractivity contribution >= 4 is 19.8 Å². The standard InChI is InChI=1S/C54H92NO8P/c1-6-8-10-12-14-16-18-20-21-22-23-24-25-26-27-28-29-30-31-32-33-35-37-39-41-43-45-47-54(57)63-52(51-62-64(58,59)61-49-48-55(3,4)5)50-60-53(56)46-44-42-40-38-36-34-19-17-15-13-11-9-7-2/h8-11,14-17,20-21,23-24,34,36,40,42,52H,6-7,12-13,18-19,22,25-33,35,37-39,41,43-51H2,1-5H3/p+1/b10-8-,11-9-,16-14-,17-15-,21-20-,24-23-,36-34-,42-40-. The average molecular weight is 915 g/mol. The Hall–Kier alpha value is -3.07. The molecule has 0 radical (unpaired) electrons. The zero-order chi connectivity index (χ0) is 47.1. The second-order valence-corrected chi connectivity index (χ2v) is 18.9. The molecule has 0 fully saturated rings. The molecule has 0 saturated heterocycles. The maximum atomic E-state index is 12.7. The fourth-order valence-corrected chi connectivity index (χ4v) is 7.05. The first-order chi connectivity index (χ1) is 31.0. The second kappa shape index (κ2) is 45.1. The van der Waals surface area contributed by atoms with Crippen molar-refractivity contribution in [3.63, 3.8) is 0 Å². The minimum atomic E-state index is -4.40. The molecule has 10 heteroatoms. The van der Waals surface area contributed by atoms with E-state index in [1.54, 1.807) is 0 Å². The van der Waals surface area contributed by atoms with Crippen LogP contribution in [0.2, 0.25) is 0 Å². The Labute approximate surface area is 392 Å². The van der Waals surface area contributed by atoms with Crippen molar-refractivity contribution < 1.29 is 42.1 Å². The van der Waals surface area contributed by atoms with Crippen LogP contribution in [-0.4, -0.2) is 74.9 Å². The maximum Gasteiger partial charge on any atom is 0.472 e. The summed E-state index contributed by atoms with van der Waals surface area (Å²) in [6, 6.07) is 0. The highest BCUT2D eigenvalue weighted by Crippen LogP contribution is 2.43. The topological polar surface area (TPSA) is 108 Å². The van der Waals surface area contributed by atoms with Crippen molar-refractivity contribution in [3.8, 4) is 0 Å². The van der Waals surface area contributed by atoms with E-state index in [4.69, 9.17) is 18.5 Å². The summed E-state index contributed by atoms with van der Waals surface area (Å²) in [6.45, 7) is 4.10. The number of hydrogen-bond donors (Lipinski definition) is 1. The van der Waals surface area contributed by atoms with Gasteiger partial charge in [-0.15, -0.1) is 0 Å². The van der Waals surface area contributed by atoms with Crippen LogP contribution in [0.4, 0.5) is 0 Å². The van der Waals surface area contributed by atoms with Crippen molar-refractivity contribution in [2.45, 2.75) is 187 Å². The molecule has 0 amide bonds. The summed E-state index contributed by atoms with van der Waals surface area (Å²) in [4.78, 5) is 35.4. The molecule has 0 spiro atoms. The number of phosphoric acid groups is 1. The number of ether oxygens (including phenoxy) is 2. The third-order valence-corrected chi connectivity index (χ3v) is 11.1. The van der Waals surface area contributed by atoms with E-state index in [2.05, 4.69) is 98.9 Å². The van der Waals surface area contributed by atoms with E-state index < -0.39 is 32.5 Å². The number of allylic oxidation sites excluding steroid dienone is 16. The number of quaternary nitrogens is 1. The van der Waals surface area contributed by atoms with Gasteiger partial charge in [0.25, 0.3) is 0 Å². The smallest absolute Gasteiger partial charge is 0.462 e. The largest absolute Gasteiger partial charge is 0.472 e. The molecule has 0 heterocycles. The Balaban J connectivity index is 4.23. The Morgan fingerprint density at radius 1 is 0.484 bits per heavy atom. The molecule has 1 N–H and O–H groups in total. The first-order valence-electron chi connectivity index (χ1n) is 25.0. The van der Waals surface area contributed by atoms with Crippen molar-refractivity contribution in [1.29, 1.82) is 0 Å². The first-order valence-corrected chi connectivity index (χ1v) is 26.5. The highest BCUT2D eigenvalue weighted by atomic mass is 31.2. The minimum Gasteiger partial charge on any atom is -0.462 e. The van der Waals surface area contributed by atoms with E-state index in [9.17, 15) is 19.0 Å². The third-order valence-electron chi connectivity index (χ3n) is 10.1. The summed E-state index contributed by atoms with van der Waals surface area (Å²) in [5.41, 5.74) is 0. The molecular formula is C54H93NO8P+. The summed E-state index contributed by atoms with van der Waals surface area (Å²) < 4.78 is 34.3. The molecule has 9 nitrogen and oxygen atoms in total. The first kappa shape index (κ1) is 60.9. The van der Waals surface area contributed by atoms with Crippen LogP contribution in [0.15, 0.2) is 97.2 Å². The summed E-state index contributed by atoms with van der Waals surface area (Å²) in [5, 5.41) is 0. The highest BCUT2D eigenvalue weighted by Gasteiger charge is 2.27. The fourth-order valence-electron chi connectivity index (χ4n) is 6.31. The van der Waals surface area contributed by atoms with Crippen LogP contribution in [0.1, 0.15) is 181 Å². The van der Waals surface area contributed by atoms with Crippen LogP contribution in [0.25, 0.3) is 0 Å². The summed E-state index contributed by atoms with van der Waals surface area (Å²) >= 11 is 0. The number of rotatable bonds is 44. The van der Waals surface area contributed by atoms with E-state index in [-0.39, 0.29) is 26.1 Å². The van der Waals surface area contributed by atoms with Crippen LogP contribution >= 0.6 is 7.82 Å². The minimum absolute atomic E-state index is 0.0169. The number of phosphoric ester groups is 1. The molecular weight excluding hydrogens is 822 g/mol. The zero-order valence-electron chi connectivity index (χ0n) is 41.2. The molecule has 0 saturated carbocycles. The van der Waals surface area contributed by atoms with Gasteiger partial charge in [0.2, 0.25) is 0 Å². The van der Waals surface area contributed by atoms with Gasteiger partial charge in [0.1, 0.15) is 19.8 Å². The van der Waals surface area contributed by atoms with Gasteiger partial charge in [0, 0.05) is 12.8 Å². The fraction of sp³-hybridized carbons (Fsp3) is 0.667. The van der Waals surface area contributed by atoms with Crippen molar-refractivity contribution in [2.24, 2.45) is 0 Å². The normalized spacial score (nSPS) is 14.3. The molecule has 0 aromatic heterocycles. The number of nitrogens with zero attached hydrogens (tertiary/aromatic N) is 1. The number of carbonyl (C=O) groups excluding carboxylic acids is 2. The lowest BCUT2D eigenvalue weighted by atomic mass is 10.0. The Morgan fingerprint density at radius 3 is 1.31 bits per heavy atom. The molecule has 2 atom stereocenters. The van der Waals surface area contributed by atoms with Gasteiger partial charge in [0.15, 0.2) is 6.10 Å². The number of unbranched alkanes of at least 4 members (excludes halogenated alkanes) is 14. The molecule has 0 bridgehead atoms. The van der Waals surface area contributed by atoms with Crippen LogP contribution < -0.4 is 0 Å². The van der Waals surface area contributed by atoms with Crippen molar-refractivity contribution in [2.75, 3.05) is 47.5 Å². The van der Waals surface area contributed by atoms with E-state index in [1.807, 2.05) is 33.3 Å². The zero-order valence-corrected chi connectivity index (χ0v) is 42.1. The lowest BCUT2D eigenvalue weighted by molar-refractivity contribution is -0.870. The quantitative estimate of drug-likeness (QED) is 0.0212. The van der Waals surface area contributed by atoms with Crippen molar-refractivity contribution in [3.05, 3.63) is 97.2 Å². The van der Waals surface area contributed by atoms with Gasteiger partial charge in [-0.2, -0.15) is 0 Å². The Kier molecular flexibility index (Phi) is 42.9. The van der Waals surface area contributed by atoms with E-state index in [0.717, 1.165) is 70.6 Å². The van der Waals surface area contributed by atoms with Gasteiger partial charge in [-0.1, -0.05) is 188 Å². The second-order valence-electron chi connectivity index (χ2n) is 17.4. The van der Waals surface area contributed by atoms with Crippen LogP contribution in [0.3, 0.4) is 0 Å². The van der Waals surface area contributed by atoms with Gasteiger partial charge >= 0.3 is 19.8 Å². The predicted molar refractivity (Wildman–Crippen MR) is 270 cm³/mol. The molecule has 0 aliphatic carbocycles. The molecule has 366 valence electrons. The number of esters is 2. The monoisotopic (exact) mass is 915 g/mol. The van der Waals surface area contributed by atoms with Gasteiger partial charge in [0.05, 0.1) is 27.7 Å². The molecule has 64 heavy (non-hydrogen) atoms. The SMILES string of the molecule is CC/C=C\C/C=C\C/C=C\C/C=C\CCCCCCCCCCCCCCCCC(=O)OC(COC(=O)CC/C=C\C/C=C\C/C=C\C/C=C\CC)COP(=O)(O)OCC[N+](C)(C)C. The van der Waals surface area contributed by atoms with E-state index >= 15 is 0 Å². The Morgan fingerprint density at radius 2 is 0.875 bits per heavy atom. The number of likely N-dealkylation sites (N-methyl/N-ethyl adjacent to an activating group) is 1. The molecule has 0 aromatic carbocycles. The Bertz CT molecular complexity index is 1400. The van der Waals surface area contributed by atoms with Crippen LogP contribution in [-0.2, 0) is 32.7 Å². The third kappa shape index (κ3) is 48.4. The van der Waals surface area contributed by atoms with Gasteiger partial charge in [-0.3, -0.25) is 18.6 Å². The summed E-state index contributed by atoms with van der Waals surface area (Å²) in [6.07, 6.45) is 60.6. The van der Waals surface area contributed by atoms with Crippen LogP contribution in [0, 0.1) is 0 Å². The summed E-state index contributed by atoms with van der Waals surface area (Å²) in [7, 11) is 1.43. The molecule has 0 rings (SSSR count). The molecule has 0 aromatic rings. The predicted octanol–water partition coefficient (Wildman–Crippen LogP) is 14.9. The molecule has 0 aliphatic rings. The number of hydrogen-bond acceptors (Lipinski definition) is 7. The van der Waals surface area contributed by atoms with E-state index in [0.29, 0.717) is 23.9 Å². The molecule has 0 aliphatic heterocycles. The van der Waals surface area contributed by atoms with Gasteiger partial charge in [-0.05, 0) is 77.0 Å². The average Bonchev–Trinajstić information content (AvgIpc) is 3.25. The van der Waals surface area contributed by atoms with Gasteiger partial charge in [-0.25, -0.2) is 4.57 Å². The highest BCUT2D eigenvalue weighted by molar-refractivity contribution is 7.47. The summed E-state index contributed by atoms with van der Waals surface area (Å²) in [5.74, 6) is -0.899. The van der Waals surface area contributed by atoms with Gasteiger partial charge < -0.3 is 18.9 Å².